The number of nitrogen functional groups attached to an aromatic ring is 1. The van der Waals surface area contributed by atoms with Crippen LogP contribution in [0.3, 0.4) is 0 Å². The molecule has 5 nitrogen and oxygen atoms in total. The lowest BCUT2D eigenvalue weighted by atomic mass is 10.1. The lowest BCUT2D eigenvalue weighted by Gasteiger charge is -2.18. The molecule has 94 valence electrons. The lowest BCUT2D eigenvalue weighted by Crippen LogP contribution is -2.23. The van der Waals surface area contributed by atoms with E-state index >= 15 is 0 Å². The van der Waals surface area contributed by atoms with Gasteiger partial charge >= 0.3 is 0 Å². The molecule has 1 aliphatic carbocycles. The maximum atomic E-state index is 5.75. The van der Waals surface area contributed by atoms with Crippen LogP contribution in [0, 0.1) is 5.92 Å². The van der Waals surface area contributed by atoms with Gasteiger partial charge in [-0.15, -0.1) is 0 Å². The predicted octanol–water partition coefficient (Wildman–Crippen LogP) is 1.81. The summed E-state index contributed by atoms with van der Waals surface area (Å²) in [5.41, 5.74) is 5.75. The van der Waals surface area contributed by atoms with E-state index in [9.17, 15) is 0 Å². The fourth-order valence-electron chi connectivity index (χ4n) is 2.34. The molecule has 1 aliphatic rings. The highest BCUT2D eigenvalue weighted by Crippen LogP contribution is 2.27. The van der Waals surface area contributed by atoms with Crippen molar-refractivity contribution >= 4 is 11.6 Å². The minimum atomic E-state index is 0.389. The Morgan fingerprint density at radius 1 is 1.47 bits per heavy atom. The topological polar surface area (TPSA) is 73.1 Å². The number of aromatic nitrogens is 2. The van der Waals surface area contributed by atoms with Gasteiger partial charge in [0, 0.05) is 19.2 Å². The first kappa shape index (κ1) is 12.1. The van der Waals surface area contributed by atoms with E-state index in [2.05, 4.69) is 22.2 Å². The van der Waals surface area contributed by atoms with Crippen LogP contribution in [-0.2, 0) is 11.3 Å². The fourth-order valence-corrected chi connectivity index (χ4v) is 2.34. The zero-order valence-electron chi connectivity index (χ0n) is 10.4. The number of ether oxygens (including phenoxy) is 1. The normalized spacial score (nSPS) is 23.9. The highest BCUT2D eigenvalue weighted by atomic mass is 16.5. The summed E-state index contributed by atoms with van der Waals surface area (Å²) in [5.74, 6) is 2.61. The van der Waals surface area contributed by atoms with E-state index in [0.717, 1.165) is 5.82 Å². The van der Waals surface area contributed by atoms with Crippen LogP contribution in [-0.4, -0.2) is 23.1 Å². The number of rotatable bonds is 4. The van der Waals surface area contributed by atoms with Crippen molar-refractivity contribution in [3.05, 3.63) is 11.9 Å². The summed E-state index contributed by atoms with van der Waals surface area (Å²) in [4.78, 5) is 8.51. The third-order valence-corrected chi connectivity index (χ3v) is 3.26. The monoisotopic (exact) mass is 236 g/mol. The van der Waals surface area contributed by atoms with Gasteiger partial charge in [0.2, 0.25) is 0 Å². The molecule has 2 rings (SSSR count). The van der Waals surface area contributed by atoms with E-state index in [-0.39, 0.29) is 0 Å². The molecule has 2 atom stereocenters. The SMILES string of the molecule is COCc1nc(N)cc(NC2CCCC2C)n1. The number of nitrogens with zero attached hydrogens (tertiary/aromatic N) is 2. The second-order valence-corrected chi connectivity index (χ2v) is 4.69. The highest BCUT2D eigenvalue weighted by molar-refractivity contribution is 5.45. The smallest absolute Gasteiger partial charge is 0.158 e. The molecular formula is C12H20N4O. The lowest BCUT2D eigenvalue weighted by molar-refractivity contribution is 0.178. The summed E-state index contributed by atoms with van der Waals surface area (Å²) in [6, 6.07) is 2.28. The van der Waals surface area contributed by atoms with Crippen LogP contribution < -0.4 is 11.1 Å². The van der Waals surface area contributed by atoms with Crippen LogP contribution in [0.1, 0.15) is 32.0 Å². The van der Waals surface area contributed by atoms with Crippen molar-refractivity contribution in [2.24, 2.45) is 5.92 Å². The molecule has 2 unspecified atom stereocenters. The van der Waals surface area contributed by atoms with Crippen LogP contribution in [0.15, 0.2) is 6.07 Å². The zero-order valence-corrected chi connectivity index (χ0v) is 10.4. The summed E-state index contributed by atoms with van der Waals surface area (Å²) in [5, 5.41) is 3.44. The Kier molecular flexibility index (Phi) is 3.78. The van der Waals surface area contributed by atoms with E-state index in [1.165, 1.54) is 19.3 Å². The zero-order chi connectivity index (χ0) is 12.3. The third-order valence-electron chi connectivity index (χ3n) is 3.26. The van der Waals surface area contributed by atoms with Gasteiger partial charge in [-0.1, -0.05) is 13.3 Å². The molecule has 3 N–H and O–H groups in total. The van der Waals surface area contributed by atoms with Gasteiger partial charge in [0.15, 0.2) is 5.82 Å². The van der Waals surface area contributed by atoms with E-state index in [1.807, 2.05) is 0 Å². The van der Waals surface area contributed by atoms with Crippen molar-refractivity contribution in [3.63, 3.8) is 0 Å². The molecule has 0 aromatic carbocycles. The predicted molar refractivity (Wildman–Crippen MR) is 67.6 cm³/mol. The largest absolute Gasteiger partial charge is 0.384 e. The Labute approximate surface area is 102 Å². The minimum Gasteiger partial charge on any atom is -0.384 e. The van der Waals surface area contributed by atoms with Gasteiger partial charge in [-0.25, -0.2) is 9.97 Å². The van der Waals surface area contributed by atoms with Crippen LogP contribution in [0.25, 0.3) is 0 Å². The van der Waals surface area contributed by atoms with E-state index < -0.39 is 0 Å². The molecule has 17 heavy (non-hydrogen) atoms. The van der Waals surface area contributed by atoms with Gasteiger partial charge in [0.1, 0.15) is 18.2 Å². The Bertz CT molecular complexity index is 383. The number of anilines is 2. The van der Waals surface area contributed by atoms with E-state index in [1.54, 1.807) is 13.2 Å². The van der Waals surface area contributed by atoms with Crippen LogP contribution in [0.2, 0.25) is 0 Å². The summed E-state index contributed by atoms with van der Waals surface area (Å²) in [6.07, 6.45) is 3.76. The van der Waals surface area contributed by atoms with Crippen molar-refractivity contribution in [2.75, 3.05) is 18.2 Å². The maximum Gasteiger partial charge on any atom is 0.158 e. The van der Waals surface area contributed by atoms with E-state index in [4.69, 9.17) is 10.5 Å². The summed E-state index contributed by atoms with van der Waals surface area (Å²) >= 11 is 0. The number of methoxy groups -OCH3 is 1. The molecule has 5 heteroatoms. The number of hydrogen-bond donors (Lipinski definition) is 2. The van der Waals surface area contributed by atoms with Gasteiger partial charge in [0.05, 0.1) is 0 Å². The Hall–Kier alpha value is -1.36. The fraction of sp³-hybridized carbons (Fsp3) is 0.667. The first-order valence-electron chi connectivity index (χ1n) is 6.08. The average molecular weight is 236 g/mol. The molecule has 0 spiro atoms. The molecule has 0 saturated heterocycles. The minimum absolute atomic E-state index is 0.389. The maximum absolute atomic E-state index is 5.75. The second-order valence-electron chi connectivity index (χ2n) is 4.69. The van der Waals surface area contributed by atoms with Gasteiger partial charge < -0.3 is 15.8 Å². The van der Waals surface area contributed by atoms with Crippen molar-refractivity contribution < 1.29 is 4.74 Å². The highest BCUT2D eigenvalue weighted by Gasteiger charge is 2.23. The third kappa shape index (κ3) is 3.06. The molecule has 0 bridgehead atoms. The molecule has 0 aliphatic heterocycles. The number of hydrogen-bond acceptors (Lipinski definition) is 5. The Morgan fingerprint density at radius 2 is 2.29 bits per heavy atom. The van der Waals surface area contributed by atoms with Gasteiger partial charge in [0.25, 0.3) is 0 Å². The summed E-state index contributed by atoms with van der Waals surface area (Å²) in [6.45, 7) is 2.66. The van der Waals surface area contributed by atoms with Gasteiger partial charge in [-0.05, 0) is 18.8 Å². The quantitative estimate of drug-likeness (QED) is 0.834. The Balaban J connectivity index is 2.09. The molecule has 0 radical (unpaired) electrons. The molecular weight excluding hydrogens is 216 g/mol. The van der Waals surface area contributed by atoms with Crippen molar-refractivity contribution in [1.82, 2.24) is 9.97 Å². The molecule has 1 fully saturated rings. The molecule has 1 heterocycles. The Morgan fingerprint density at radius 3 is 2.94 bits per heavy atom. The van der Waals surface area contributed by atoms with E-state index in [0.29, 0.717) is 30.2 Å². The van der Waals surface area contributed by atoms with Gasteiger partial charge in [-0.3, -0.25) is 0 Å². The summed E-state index contributed by atoms with van der Waals surface area (Å²) < 4.78 is 5.02. The van der Waals surface area contributed by atoms with Crippen LogP contribution in [0.4, 0.5) is 11.6 Å². The first-order chi connectivity index (χ1) is 8.19. The van der Waals surface area contributed by atoms with Gasteiger partial charge in [-0.2, -0.15) is 0 Å². The van der Waals surface area contributed by atoms with Crippen molar-refractivity contribution in [1.29, 1.82) is 0 Å². The summed E-state index contributed by atoms with van der Waals surface area (Å²) in [7, 11) is 1.62. The molecule has 1 aromatic rings. The first-order valence-corrected chi connectivity index (χ1v) is 6.08. The van der Waals surface area contributed by atoms with Crippen LogP contribution in [0.5, 0.6) is 0 Å². The second kappa shape index (κ2) is 5.31. The van der Waals surface area contributed by atoms with Crippen molar-refractivity contribution in [2.45, 2.75) is 38.8 Å². The molecule has 0 amide bonds. The van der Waals surface area contributed by atoms with Crippen LogP contribution >= 0.6 is 0 Å². The molecule has 1 saturated carbocycles. The molecule has 1 aromatic heterocycles. The number of nitrogens with one attached hydrogen (secondary N) is 1. The average Bonchev–Trinajstić information content (AvgIpc) is 2.64. The standard InChI is InChI=1S/C12H20N4O/c1-8-4-3-5-9(8)14-11-6-10(13)15-12(16-11)7-17-2/h6,8-9H,3-5,7H2,1-2H3,(H3,13,14,15,16). The number of nitrogens with two attached hydrogens (primary N) is 1. The van der Waals surface area contributed by atoms with Crippen molar-refractivity contribution in [3.8, 4) is 0 Å².